The zero-order chi connectivity index (χ0) is 22.5. The number of carbonyl (C=O) groups excluding carboxylic acids is 1. The van der Waals surface area contributed by atoms with Gasteiger partial charge < -0.3 is 15.2 Å². The van der Waals surface area contributed by atoms with E-state index in [-0.39, 0.29) is 35.3 Å². The van der Waals surface area contributed by atoms with Gasteiger partial charge in [0.1, 0.15) is 11.8 Å². The lowest BCUT2D eigenvalue weighted by atomic mass is 9.98. The molecule has 3 aromatic rings. The molecule has 0 saturated heterocycles. The number of hydrogen-bond acceptors (Lipinski definition) is 4. The molecular weight excluding hydrogens is 428 g/mol. The number of aromatic nitrogens is 1. The van der Waals surface area contributed by atoms with E-state index < -0.39 is 12.1 Å². The second kappa shape index (κ2) is 9.54. The van der Waals surface area contributed by atoms with Crippen LogP contribution in [0.25, 0.3) is 11.1 Å². The lowest BCUT2D eigenvalue weighted by Crippen LogP contribution is -2.26. The van der Waals surface area contributed by atoms with Crippen molar-refractivity contribution in [2.24, 2.45) is 0 Å². The molecule has 1 aliphatic rings. The summed E-state index contributed by atoms with van der Waals surface area (Å²) in [6, 6.07) is 17.5. The highest BCUT2D eigenvalue weighted by atomic mass is 35.5. The molecule has 0 atom stereocenters. The van der Waals surface area contributed by atoms with Gasteiger partial charge >= 0.3 is 12.1 Å². The number of halogens is 1. The Kier molecular flexibility index (Phi) is 6.39. The van der Waals surface area contributed by atoms with Gasteiger partial charge in [-0.15, -0.1) is 0 Å². The number of benzene rings is 2. The van der Waals surface area contributed by atoms with Crippen molar-refractivity contribution in [1.82, 2.24) is 10.3 Å². The second-order valence-electron chi connectivity index (χ2n) is 7.16. The van der Waals surface area contributed by atoms with Crippen LogP contribution >= 0.6 is 11.6 Å². The minimum absolute atomic E-state index is 0.000198. The number of alkyl carbamates (subject to hydrolysis) is 1. The molecule has 1 aliphatic carbocycles. The summed E-state index contributed by atoms with van der Waals surface area (Å²) < 4.78 is 5.47. The number of ether oxygens (including phenoxy) is 1. The van der Waals surface area contributed by atoms with Crippen LogP contribution in [0.1, 0.15) is 39.4 Å². The van der Waals surface area contributed by atoms with Crippen LogP contribution in [-0.4, -0.2) is 35.3 Å². The zero-order valence-corrected chi connectivity index (χ0v) is 17.7. The molecule has 1 amide bonds. The largest absolute Gasteiger partial charge is 0.478 e. The highest BCUT2D eigenvalue weighted by Crippen LogP contribution is 2.44. The number of pyridine rings is 1. The van der Waals surface area contributed by atoms with Gasteiger partial charge in [0.15, 0.2) is 0 Å². The number of amides is 1. The average Bonchev–Trinajstić information content (AvgIpc) is 3.12. The third-order valence-electron chi connectivity index (χ3n) is 5.19. The molecule has 6 nitrogen and oxygen atoms in total. The van der Waals surface area contributed by atoms with Crippen LogP contribution in [-0.2, 0) is 4.74 Å². The maximum Gasteiger partial charge on any atom is 0.407 e. The number of fused-ring (bicyclic) bond motifs is 3. The summed E-state index contributed by atoms with van der Waals surface area (Å²) in [6.45, 7) is 0.511. The monoisotopic (exact) mass is 446 g/mol. The van der Waals surface area contributed by atoms with Gasteiger partial charge in [-0.3, -0.25) is 0 Å². The maximum atomic E-state index is 12.2. The Morgan fingerprint density at radius 3 is 2.41 bits per heavy atom. The number of carbonyl (C=O) groups is 2. The summed E-state index contributed by atoms with van der Waals surface area (Å²) in [5.74, 6) is 4.45. The van der Waals surface area contributed by atoms with Gasteiger partial charge in [-0.05, 0) is 28.3 Å². The predicted molar refractivity (Wildman–Crippen MR) is 121 cm³/mol. The topological polar surface area (TPSA) is 88.5 Å². The van der Waals surface area contributed by atoms with Crippen LogP contribution in [0, 0.1) is 11.8 Å². The van der Waals surface area contributed by atoms with E-state index in [2.05, 4.69) is 46.4 Å². The van der Waals surface area contributed by atoms with Gasteiger partial charge in [-0.25, -0.2) is 14.6 Å². The number of nitrogens with zero attached hydrogens (tertiary/aromatic N) is 1. The van der Waals surface area contributed by atoms with Crippen LogP contribution in [0.4, 0.5) is 4.79 Å². The highest BCUT2D eigenvalue weighted by molar-refractivity contribution is 6.29. The first kappa shape index (κ1) is 21.4. The lowest BCUT2D eigenvalue weighted by Gasteiger charge is -2.14. The minimum Gasteiger partial charge on any atom is -0.478 e. The van der Waals surface area contributed by atoms with Crippen molar-refractivity contribution in [3.05, 3.63) is 88.2 Å². The standard InChI is InChI=1S/C25H19ClN2O4/c26-23-13-21(24(29)30)16(14-28-23)7-5-6-12-27-25(31)32-15-22-19-10-3-1-8-17(19)18-9-2-4-11-20(18)22/h1-4,8-11,13-14,22H,6,12,15H2,(H,27,31)(H,29,30). The quantitative estimate of drug-likeness (QED) is 0.336. The molecule has 160 valence electrons. The van der Waals surface area contributed by atoms with E-state index in [0.717, 1.165) is 11.1 Å². The number of carboxylic acid groups (broad SMARTS) is 1. The molecule has 1 heterocycles. The molecule has 4 rings (SSSR count). The number of nitrogens with one attached hydrogen (secondary N) is 1. The third-order valence-corrected chi connectivity index (χ3v) is 5.39. The van der Waals surface area contributed by atoms with Crippen molar-refractivity contribution >= 4 is 23.7 Å². The Hall–Kier alpha value is -3.82. The molecule has 0 spiro atoms. The summed E-state index contributed by atoms with van der Waals surface area (Å²) in [6.07, 6.45) is 1.12. The molecule has 2 N–H and O–H groups in total. The van der Waals surface area contributed by atoms with Gasteiger partial charge in [0, 0.05) is 25.1 Å². The minimum atomic E-state index is -1.13. The van der Waals surface area contributed by atoms with Gasteiger partial charge in [-0.1, -0.05) is 72.0 Å². The Balaban J connectivity index is 1.30. The van der Waals surface area contributed by atoms with Crippen molar-refractivity contribution in [3.8, 4) is 23.0 Å². The Morgan fingerprint density at radius 1 is 1.09 bits per heavy atom. The van der Waals surface area contributed by atoms with E-state index in [1.165, 1.54) is 23.4 Å². The number of hydrogen-bond donors (Lipinski definition) is 2. The van der Waals surface area contributed by atoms with Crippen LogP contribution in [0.3, 0.4) is 0 Å². The van der Waals surface area contributed by atoms with Crippen molar-refractivity contribution in [2.45, 2.75) is 12.3 Å². The van der Waals surface area contributed by atoms with Crippen molar-refractivity contribution < 1.29 is 19.4 Å². The van der Waals surface area contributed by atoms with Crippen LogP contribution in [0.5, 0.6) is 0 Å². The van der Waals surface area contributed by atoms with Gasteiger partial charge in [0.2, 0.25) is 0 Å². The van der Waals surface area contributed by atoms with E-state index in [0.29, 0.717) is 6.42 Å². The molecule has 1 aromatic heterocycles. The van der Waals surface area contributed by atoms with Crippen molar-refractivity contribution in [3.63, 3.8) is 0 Å². The Labute approximate surface area is 190 Å². The number of aromatic carboxylic acids is 1. The molecule has 7 heteroatoms. The fourth-order valence-electron chi connectivity index (χ4n) is 3.74. The lowest BCUT2D eigenvalue weighted by molar-refractivity contribution is 0.0696. The number of carboxylic acids is 1. The molecule has 0 saturated carbocycles. The Morgan fingerprint density at radius 2 is 1.75 bits per heavy atom. The smallest absolute Gasteiger partial charge is 0.407 e. The molecule has 0 unspecified atom stereocenters. The van der Waals surface area contributed by atoms with E-state index in [1.807, 2.05) is 24.3 Å². The van der Waals surface area contributed by atoms with E-state index >= 15 is 0 Å². The predicted octanol–water partition coefficient (Wildman–Crippen LogP) is 4.71. The first-order chi connectivity index (χ1) is 15.5. The molecular formula is C25H19ClN2O4. The maximum absolute atomic E-state index is 12.2. The van der Waals surface area contributed by atoms with Crippen molar-refractivity contribution in [2.75, 3.05) is 13.2 Å². The fourth-order valence-corrected chi connectivity index (χ4v) is 3.90. The SMILES string of the molecule is O=C(NCCC#Cc1cnc(Cl)cc1C(=O)O)OCC1c2ccccc2-c2ccccc21. The molecule has 32 heavy (non-hydrogen) atoms. The molecule has 0 fully saturated rings. The molecule has 0 radical (unpaired) electrons. The van der Waals surface area contributed by atoms with Crippen molar-refractivity contribution in [1.29, 1.82) is 0 Å². The first-order valence-electron chi connectivity index (χ1n) is 10.0. The normalized spacial score (nSPS) is 11.7. The third kappa shape index (κ3) is 4.58. The average molecular weight is 447 g/mol. The van der Waals surface area contributed by atoms with E-state index in [9.17, 15) is 14.7 Å². The summed E-state index contributed by atoms with van der Waals surface area (Å²) >= 11 is 5.73. The van der Waals surface area contributed by atoms with Crippen LogP contribution in [0.2, 0.25) is 5.15 Å². The van der Waals surface area contributed by atoms with Crippen LogP contribution in [0.15, 0.2) is 60.8 Å². The Bertz CT molecular complexity index is 1200. The highest BCUT2D eigenvalue weighted by Gasteiger charge is 2.28. The first-order valence-corrected chi connectivity index (χ1v) is 10.4. The van der Waals surface area contributed by atoms with Gasteiger partial charge in [-0.2, -0.15) is 0 Å². The van der Waals surface area contributed by atoms with Crippen LogP contribution < -0.4 is 5.32 Å². The summed E-state index contributed by atoms with van der Waals surface area (Å²) in [5.41, 5.74) is 4.90. The zero-order valence-electron chi connectivity index (χ0n) is 17.0. The van der Waals surface area contributed by atoms with E-state index in [4.69, 9.17) is 16.3 Å². The summed E-state index contributed by atoms with van der Waals surface area (Å²) in [7, 11) is 0. The number of rotatable bonds is 5. The second-order valence-corrected chi connectivity index (χ2v) is 7.55. The van der Waals surface area contributed by atoms with E-state index in [1.54, 1.807) is 0 Å². The molecule has 2 aromatic carbocycles. The molecule has 0 bridgehead atoms. The van der Waals surface area contributed by atoms with Gasteiger partial charge in [0.05, 0.1) is 11.1 Å². The fraction of sp³-hybridized carbons (Fsp3) is 0.160. The van der Waals surface area contributed by atoms with Gasteiger partial charge in [0.25, 0.3) is 0 Å². The summed E-state index contributed by atoms with van der Waals surface area (Å²) in [5, 5.41) is 12.0. The molecule has 0 aliphatic heterocycles. The summed E-state index contributed by atoms with van der Waals surface area (Å²) in [4.78, 5) is 27.3.